The summed E-state index contributed by atoms with van der Waals surface area (Å²) in [5, 5.41) is 2.79. The lowest BCUT2D eigenvalue weighted by Crippen LogP contribution is -2.15. The molecule has 0 aliphatic carbocycles. The third-order valence-electron chi connectivity index (χ3n) is 3.57. The Morgan fingerprint density at radius 2 is 1.89 bits per heavy atom. The smallest absolute Gasteiger partial charge is 0.227 e. The average molecular weight is 360 g/mol. The molecule has 1 amide bonds. The van der Waals surface area contributed by atoms with Gasteiger partial charge in [0.15, 0.2) is 11.6 Å². The van der Waals surface area contributed by atoms with Crippen molar-refractivity contribution < 1.29 is 13.9 Å². The van der Waals surface area contributed by atoms with Gasteiger partial charge in [0.05, 0.1) is 13.0 Å². The summed E-state index contributed by atoms with van der Waals surface area (Å²) in [5.41, 5.74) is 2.08. The van der Waals surface area contributed by atoms with E-state index < -0.39 is 5.82 Å². The molecule has 3 rings (SSSR count). The van der Waals surface area contributed by atoms with Crippen LogP contribution in [0.3, 0.4) is 0 Å². The van der Waals surface area contributed by atoms with Crippen LogP contribution in [0, 0.1) is 17.7 Å². The van der Waals surface area contributed by atoms with Gasteiger partial charge in [-0.2, -0.15) is 0 Å². The van der Waals surface area contributed by atoms with Crippen molar-refractivity contribution in [3.63, 3.8) is 0 Å². The number of amides is 1. The molecule has 27 heavy (non-hydrogen) atoms. The standard InChI is InChI=1S/C22H17FN2O2/c23-20-9-1-2-10-21(20)27-15-13-22(26)25-19-8-5-6-17(16-19)11-12-18-7-3-4-14-24-18/h1-10,14,16H,13,15H2,(H,25,26). The molecule has 0 aliphatic heterocycles. The molecule has 0 aliphatic rings. The second-order valence-electron chi connectivity index (χ2n) is 5.62. The van der Waals surface area contributed by atoms with Crippen molar-refractivity contribution in [2.75, 3.05) is 11.9 Å². The van der Waals surface area contributed by atoms with E-state index in [0.717, 1.165) is 5.56 Å². The van der Waals surface area contributed by atoms with Crippen LogP contribution in [0.4, 0.5) is 10.1 Å². The minimum Gasteiger partial charge on any atom is -0.490 e. The number of hydrogen-bond donors (Lipinski definition) is 1. The third kappa shape index (κ3) is 5.68. The van der Waals surface area contributed by atoms with Crippen molar-refractivity contribution in [3.8, 4) is 17.6 Å². The van der Waals surface area contributed by atoms with E-state index >= 15 is 0 Å². The fourth-order valence-electron chi connectivity index (χ4n) is 2.29. The Morgan fingerprint density at radius 1 is 1.04 bits per heavy atom. The zero-order chi connectivity index (χ0) is 18.9. The molecule has 0 spiro atoms. The summed E-state index contributed by atoms with van der Waals surface area (Å²) in [5.74, 6) is 5.45. The lowest BCUT2D eigenvalue weighted by molar-refractivity contribution is -0.116. The lowest BCUT2D eigenvalue weighted by atomic mass is 10.2. The molecule has 0 bridgehead atoms. The van der Waals surface area contributed by atoms with E-state index in [0.29, 0.717) is 11.4 Å². The summed E-state index contributed by atoms with van der Waals surface area (Å²) in [7, 11) is 0. The van der Waals surface area contributed by atoms with Crippen LogP contribution in [0.1, 0.15) is 17.7 Å². The summed E-state index contributed by atoms with van der Waals surface area (Å²) in [6.07, 6.45) is 1.79. The maximum atomic E-state index is 13.5. The number of pyridine rings is 1. The molecular weight excluding hydrogens is 343 g/mol. The van der Waals surface area contributed by atoms with E-state index in [2.05, 4.69) is 22.1 Å². The van der Waals surface area contributed by atoms with Gasteiger partial charge in [-0.25, -0.2) is 9.37 Å². The van der Waals surface area contributed by atoms with Crippen molar-refractivity contribution in [3.05, 3.63) is 90.0 Å². The highest BCUT2D eigenvalue weighted by Gasteiger charge is 2.05. The maximum Gasteiger partial charge on any atom is 0.227 e. The van der Waals surface area contributed by atoms with E-state index in [1.165, 1.54) is 12.1 Å². The second-order valence-corrected chi connectivity index (χ2v) is 5.62. The molecular formula is C22H17FN2O2. The van der Waals surface area contributed by atoms with Gasteiger partial charge in [-0.3, -0.25) is 4.79 Å². The lowest BCUT2D eigenvalue weighted by Gasteiger charge is -2.08. The van der Waals surface area contributed by atoms with Crippen LogP contribution in [-0.2, 0) is 4.79 Å². The van der Waals surface area contributed by atoms with Crippen LogP contribution in [-0.4, -0.2) is 17.5 Å². The second kappa shape index (κ2) is 9.16. The summed E-state index contributed by atoms with van der Waals surface area (Å²) in [6.45, 7) is 0.0892. The Kier molecular flexibility index (Phi) is 6.16. The number of rotatable bonds is 5. The number of para-hydroxylation sites is 1. The zero-order valence-corrected chi connectivity index (χ0v) is 14.5. The van der Waals surface area contributed by atoms with Gasteiger partial charge in [-0.1, -0.05) is 30.2 Å². The number of nitrogens with one attached hydrogen (secondary N) is 1. The molecule has 2 aromatic carbocycles. The molecule has 1 aromatic heterocycles. The van der Waals surface area contributed by atoms with Crippen LogP contribution in [0.25, 0.3) is 0 Å². The number of halogens is 1. The Labute approximate surface area is 157 Å². The molecule has 0 saturated carbocycles. The average Bonchev–Trinajstić information content (AvgIpc) is 2.69. The van der Waals surface area contributed by atoms with Crippen molar-refractivity contribution in [1.29, 1.82) is 0 Å². The van der Waals surface area contributed by atoms with Gasteiger partial charge in [0.2, 0.25) is 5.91 Å². The number of ether oxygens (including phenoxy) is 1. The first-order chi connectivity index (χ1) is 13.2. The molecule has 1 heterocycles. The summed E-state index contributed by atoms with van der Waals surface area (Å²) >= 11 is 0. The zero-order valence-electron chi connectivity index (χ0n) is 14.5. The van der Waals surface area contributed by atoms with Crippen LogP contribution in [0.15, 0.2) is 72.9 Å². The number of carbonyl (C=O) groups excluding carboxylic acids is 1. The first kappa shape index (κ1) is 18.2. The molecule has 134 valence electrons. The fourth-order valence-corrected chi connectivity index (χ4v) is 2.29. The minimum absolute atomic E-state index is 0.0892. The normalized spacial score (nSPS) is 9.81. The van der Waals surface area contributed by atoms with E-state index in [9.17, 15) is 9.18 Å². The number of carbonyl (C=O) groups is 1. The Bertz CT molecular complexity index is 978. The minimum atomic E-state index is -0.447. The third-order valence-corrected chi connectivity index (χ3v) is 3.57. The Morgan fingerprint density at radius 3 is 2.70 bits per heavy atom. The molecule has 1 N–H and O–H groups in total. The van der Waals surface area contributed by atoms with Gasteiger partial charge in [0.25, 0.3) is 0 Å². The molecule has 0 radical (unpaired) electrons. The quantitative estimate of drug-likeness (QED) is 0.699. The van der Waals surface area contributed by atoms with E-state index in [1.54, 1.807) is 30.5 Å². The number of nitrogens with zero attached hydrogens (tertiary/aromatic N) is 1. The molecule has 4 nitrogen and oxygen atoms in total. The number of aromatic nitrogens is 1. The van der Waals surface area contributed by atoms with Crippen molar-refractivity contribution in [1.82, 2.24) is 4.98 Å². The van der Waals surface area contributed by atoms with Gasteiger partial charge in [-0.05, 0) is 48.4 Å². The van der Waals surface area contributed by atoms with Gasteiger partial charge in [0.1, 0.15) is 5.69 Å². The maximum absolute atomic E-state index is 13.5. The van der Waals surface area contributed by atoms with E-state index in [4.69, 9.17) is 4.74 Å². The number of hydrogen-bond acceptors (Lipinski definition) is 3. The predicted octanol–water partition coefficient (Wildman–Crippen LogP) is 4.03. The first-order valence-electron chi connectivity index (χ1n) is 8.41. The SMILES string of the molecule is O=C(CCOc1ccccc1F)Nc1cccc(C#Cc2ccccn2)c1. The monoisotopic (exact) mass is 360 g/mol. The topological polar surface area (TPSA) is 51.2 Å². The summed E-state index contributed by atoms with van der Waals surface area (Å²) in [6, 6.07) is 18.9. The highest BCUT2D eigenvalue weighted by atomic mass is 19.1. The van der Waals surface area contributed by atoms with Crippen molar-refractivity contribution >= 4 is 11.6 Å². The molecule has 3 aromatic rings. The number of anilines is 1. The largest absolute Gasteiger partial charge is 0.490 e. The van der Waals surface area contributed by atoms with Crippen LogP contribution in [0.2, 0.25) is 0 Å². The van der Waals surface area contributed by atoms with Gasteiger partial charge < -0.3 is 10.1 Å². The highest BCUT2D eigenvalue weighted by Crippen LogP contribution is 2.15. The Hall–Kier alpha value is -3.65. The van der Waals surface area contributed by atoms with Gasteiger partial charge in [-0.15, -0.1) is 0 Å². The van der Waals surface area contributed by atoms with E-state index in [1.807, 2.05) is 30.3 Å². The summed E-state index contributed by atoms with van der Waals surface area (Å²) in [4.78, 5) is 16.2. The van der Waals surface area contributed by atoms with Crippen LogP contribution >= 0.6 is 0 Å². The molecule has 0 fully saturated rings. The molecule has 0 saturated heterocycles. The first-order valence-corrected chi connectivity index (χ1v) is 8.41. The van der Waals surface area contributed by atoms with E-state index in [-0.39, 0.29) is 24.7 Å². The van der Waals surface area contributed by atoms with Crippen molar-refractivity contribution in [2.45, 2.75) is 6.42 Å². The molecule has 0 atom stereocenters. The summed E-state index contributed by atoms with van der Waals surface area (Å²) < 4.78 is 18.7. The highest BCUT2D eigenvalue weighted by molar-refractivity contribution is 5.90. The van der Waals surface area contributed by atoms with Crippen LogP contribution < -0.4 is 10.1 Å². The van der Waals surface area contributed by atoms with Crippen molar-refractivity contribution in [2.24, 2.45) is 0 Å². The predicted molar refractivity (Wildman–Crippen MR) is 102 cm³/mol. The Balaban J connectivity index is 1.54. The van der Waals surface area contributed by atoms with Crippen LogP contribution in [0.5, 0.6) is 5.75 Å². The molecule has 5 heteroatoms. The van der Waals surface area contributed by atoms with Gasteiger partial charge >= 0.3 is 0 Å². The number of benzene rings is 2. The van der Waals surface area contributed by atoms with Gasteiger partial charge in [0, 0.05) is 17.4 Å². The molecule has 0 unspecified atom stereocenters. The fraction of sp³-hybridized carbons (Fsp3) is 0.0909.